The number of pyridine rings is 1. The van der Waals surface area contributed by atoms with Gasteiger partial charge in [0.15, 0.2) is 0 Å². The Morgan fingerprint density at radius 1 is 1.29 bits per heavy atom. The Balaban J connectivity index is 1.83. The maximum atomic E-state index is 11.7. The number of aromatic nitrogens is 3. The summed E-state index contributed by atoms with van der Waals surface area (Å²) in [6, 6.07) is 3.57. The van der Waals surface area contributed by atoms with Crippen molar-refractivity contribution in [2.45, 2.75) is 26.3 Å². The van der Waals surface area contributed by atoms with E-state index >= 15 is 0 Å². The minimum Gasteiger partial charge on any atom is -0.344 e. The van der Waals surface area contributed by atoms with Crippen molar-refractivity contribution in [1.29, 1.82) is 0 Å². The molecule has 2 heterocycles. The van der Waals surface area contributed by atoms with Crippen molar-refractivity contribution in [3.8, 4) is 0 Å². The molecular formula is C13H15N5O2S. The predicted octanol–water partition coefficient (Wildman–Crippen LogP) is 1.14. The third kappa shape index (κ3) is 4.60. The van der Waals surface area contributed by atoms with Gasteiger partial charge in [-0.05, 0) is 18.1 Å². The quantitative estimate of drug-likeness (QED) is 0.807. The summed E-state index contributed by atoms with van der Waals surface area (Å²) in [6.07, 6.45) is 5.02. The van der Waals surface area contributed by atoms with E-state index in [-0.39, 0.29) is 6.54 Å². The van der Waals surface area contributed by atoms with Gasteiger partial charge in [-0.15, -0.1) is 10.2 Å². The lowest BCUT2D eigenvalue weighted by Crippen LogP contribution is -2.34. The molecule has 0 aliphatic heterocycles. The molecule has 2 aromatic rings. The molecule has 7 nitrogen and oxygen atoms in total. The molecule has 2 rings (SSSR count). The molecule has 0 saturated heterocycles. The molecular weight excluding hydrogens is 290 g/mol. The highest BCUT2D eigenvalue weighted by Crippen LogP contribution is 2.16. The second-order valence-electron chi connectivity index (χ2n) is 4.25. The van der Waals surface area contributed by atoms with Gasteiger partial charge in [-0.3, -0.25) is 19.9 Å². The number of rotatable bonds is 5. The minimum atomic E-state index is -0.752. The summed E-state index contributed by atoms with van der Waals surface area (Å²) in [5.74, 6) is -1.47. The number of nitrogens with one attached hydrogen (secondary N) is 2. The number of carbonyl (C=O) groups is 2. The third-order valence-electron chi connectivity index (χ3n) is 2.53. The lowest BCUT2D eigenvalue weighted by molar-refractivity contribution is -0.136. The average molecular weight is 305 g/mol. The number of hydrogen-bond acceptors (Lipinski definition) is 6. The molecule has 0 unspecified atom stereocenters. The van der Waals surface area contributed by atoms with Crippen LogP contribution in [0.4, 0.5) is 5.13 Å². The van der Waals surface area contributed by atoms with Crippen LogP contribution in [0.1, 0.15) is 23.9 Å². The van der Waals surface area contributed by atoms with Crippen LogP contribution in [0.25, 0.3) is 0 Å². The van der Waals surface area contributed by atoms with E-state index in [0.717, 1.165) is 23.4 Å². The second-order valence-corrected chi connectivity index (χ2v) is 5.31. The van der Waals surface area contributed by atoms with Gasteiger partial charge in [-0.25, -0.2) is 0 Å². The van der Waals surface area contributed by atoms with Gasteiger partial charge in [0.25, 0.3) is 0 Å². The average Bonchev–Trinajstić information content (AvgIpc) is 2.93. The molecule has 0 saturated carbocycles. The summed E-state index contributed by atoms with van der Waals surface area (Å²) in [7, 11) is 0. The number of carbonyl (C=O) groups excluding carboxylic acids is 2. The normalized spacial score (nSPS) is 10.1. The highest BCUT2D eigenvalue weighted by Gasteiger charge is 2.15. The zero-order valence-corrected chi connectivity index (χ0v) is 12.3. The third-order valence-corrected chi connectivity index (χ3v) is 3.43. The van der Waals surface area contributed by atoms with Gasteiger partial charge in [0, 0.05) is 25.4 Å². The standard InChI is InChI=1S/C13H15N5O2S/c1-2-4-10-17-18-13(21-10)16-12(20)11(19)15-8-9-5-3-6-14-7-9/h3,5-7H,2,4,8H2,1H3,(H,15,19)(H,16,18,20). The monoisotopic (exact) mass is 305 g/mol. The van der Waals surface area contributed by atoms with Crippen LogP contribution in [0.3, 0.4) is 0 Å². The summed E-state index contributed by atoms with van der Waals surface area (Å²) >= 11 is 1.27. The molecule has 0 bridgehead atoms. The summed E-state index contributed by atoms with van der Waals surface area (Å²) in [5, 5.41) is 13.9. The van der Waals surface area contributed by atoms with Crippen LogP contribution in [-0.2, 0) is 22.6 Å². The Labute approximate surface area is 125 Å². The summed E-state index contributed by atoms with van der Waals surface area (Å²) in [4.78, 5) is 27.3. The fourth-order valence-electron chi connectivity index (χ4n) is 1.54. The van der Waals surface area contributed by atoms with Crippen LogP contribution in [0, 0.1) is 0 Å². The van der Waals surface area contributed by atoms with E-state index in [1.54, 1.807) is 18.5 Å². The maximum Gasteiger partial charge on any atom is 0.315 e. The van der Waals surface area contributed by atoms with Crippen molar-refractivity contribution < 1.29 is 9.59 Å². The first-order valence-corrected chi connectivity index (χ1v) is 7.31. The van der Waals surface area contributed by atoms with Gasteiger partial charge in [-0.2, -0.15) is 0 Å². The predicted molar refractivity (Wildman–Crippen MR) is 78.6 cm³/mol. The number of amides is 2. The first kappa shape index (κ1) is 15.0. The molecule has 2 N–H and O–H groups in total. The molecule has 0 fully saturated rings. The van der Waals surface area contributed by atoms with E-state index in [0.29, 0.717) is 5.13 Å². The van der Waals surface area contributed by atoms with Crippen molar-refractivity contribution >= 4 is 28.3 Å². The van der Waals surface area contributed by atoms with Crippen LogP contribution >= 0.6 is 11.3 Å². The number of aryl methyl sites for hydroxylation is 1. The molecule has 0 aromatic carbocycles. The van der Waals surface area contributed by atoms with Crippen LogP contribution in [-0.4, -0.2) is 27.0 Å². The summed E-state index contributed by atoms with van der Waals surface area (Å²) in [5.41, 5.74) is 0.819. The summed E-state index contributed by atoms with van der Waals surface area (Å²) in [6.45, 7) is 2.28. The Kier molecular flexibility index (Phi) is 5.33. The fraction of sp³-hybridized carbons (Fsp3) is 0.308. The van der Waals surface area contributed by atoms with E-state index < -0.39 is 11.8 Å². The Morgan fingerprint density at radius 3 is 2.86 bits per heavy atom. The van der Waals surface area contributed by atoms with Crippen molar-refractivity contribution in [2.24, 2.45) is 0 Å². The molecule has 21 heavy (non-hydrogen) atoms. The molecule has 0 aliphatic rings. The molecule has 0 aliphatic carbocycles. The molecule has 110 valence electrons. The smallest absolute Gasteiger partial charge is 0.315 e. The van der Waals surface area contributed by atoms with Crippen LogP contribution < -0.4 is 10.6 Å². The highest BCUT2D eigenvalue weighted by atomic mass is 32.1. The maximum absolute atomic E-state index is 11.7. The fourth-order valence-corrected chi connectivity index (χ4v) is 2.37. The Bertz CT molecular complexity index is 614. The Morgan fingerprint density at radius 2 is 2.14 bits per heavy atom. The summed E-state index contributed by atoms with van der Waals surface area (Å²) < 4.78 is 0. The van der Waals surface area contributed by atoms with E-state index in [4.69, 9.17) is 0 Å². The minimum absolute atomic E-state index is 0.247. The SMILES string of the molecule is CCCc1nnc(NC(=O)C(=O)NCc2cccnc2)s1. The van der Waals surface area contributed by atoms with E-state index in [1.165, 1.54) is 11.3 Å². The number of anilines is 1. The zero-order valence-electron chi connectivity index (χ0n) is 11.5. The van der Waals surface area contributed by atoms with Crippen molar-refractivity contribution in [2.75, 3.05) is 5.32 Å². The van der Waals surface area contributed by atoms with Gasteiger partial charge in [0.2, 0.25) is 5.13 Å². The topological polar surface area (TPSA) is 96.9 Å². The van der Waals surface area contributed by atoms with Gasteiger partial charge in [0.05, 0.1) is 0 Å². The number of nitrogens with zero attached hydrogens (tertiary/aromatic N) is 3. The van der Waals surface area contributed by atoms with Crippen molar-refractivity contribution in [3.05, 3.63) is 35.1 Å². The lowest BCUT2D eigenvalue weighted by Gasteiger charge is -2.04. The van der Waals surface area contributed by atoms with E-state index in [2.05, 4.69) is 25.8 Å². The Hall–Kier alpha value is -2.35. The van der Waals surface area contributed by atoms with Gasteiger partial charge >= 0.3 is 11.8 Å². The van der Waals surface area contributed by atoms with E-state index in [9.17, 15) is 9.59 Å². The van der Waals surface area contributed by atoms with Gasteiger partial charge < -0.3 is 5.32 Å². The van der Waals surface area contributed by atoms with Gasteiger partial charge in [-0.1, -0.05) is 24.3 Å². The highest BCUT2D eigenvalue weighted by molar-refractivity contribution is 7.15. The molecule has 2 amide bonds. The molecule has 8 heteroatoms. The van der Waals surface area contributed by atoms with Crippen LogP contribution in [0.15, 0.2) is 24.5 Å². The van der Waals surface area contributed by atoms with Crippen LogP contribution in [0.5, 0.6) is 0 Å². The zero-order chi connectivity index (χ0) is 15.1. The molecule has 0 radical (unpaired) electrons. The van der Waals surface area contributed by atoms with Crippen LogP contribution in [0.2, 0.25) is 0 Å². The largest absolute Gasteiger partial charge is 0.344 e. The van der Waals surface area contributed by atoms with Gasteiger partial charge in [0.1, 0.15) is 5.01 Å². The first-order valence-electron chi connectivity index (χ1n) is 6.49. The van der Waals surface area contributed by atoms with E-state index in [1.807, 2.05) is 13.0 Å². The number of hydrogen-bond donors (Lipinski definition) is 2. The molecule has 0 atom stereocenters. The molecule has 0 spiro atoms. The second kappa shape index (κ2) is 7.44. The first-order chi connectivity index (χ1) is 10.2. The van der Waals surface area contributed by atoms with Crippen molar-refractivity contribution in [3.63, 3.8) is 0 Å². The lowest BCUT2D eigenvalue weighted by atomic mass is 10.3. The van der Waals surface area contributed by atoms with Crippen molar-refractivity contribution in [1.82, 2.24) is 20.5 Å². The molecule has 2 aromatic heterocycles.